The minimum atomic E-state index is -3.34. The molecule has 0 fully saturated rings. The van der Waals surface area contributed by atoms with E-state index < -0.39 is 50.7 Å². The van der Waals surface area contributed by atoms with Gasteiger partial charge in [-0.2, -0.15) is 0 Å². The van der Waals surface area contributed by atoms with Gasteiger partial charge in [-0.05, 0) is 54.0 Å². The summed E-state index contributed by atoms with van der Waals surface area (Å²) in [4.78, 5) is 67.6. The normalized spacial score (nSPS) is 15.5. The van der Waals surface area contributed by atoms with Gasteiger partial charge in [0.2, 0.25) is 11.7 Å². The van der Waals surface area contributed by atoms with E-state index >= 15 is 0 Å². The lowest BCUT2D eigenvalue weighted by atomic mass is 9.82. The number of carbonyl (C=O) groups excluding carboxylic acids is 5. The molecule has 1 aliphatic rings. The molecule has 232 valence electrons. The highest BCUT2D eigenvalue weighted by molar-refractivity contribution is 7.90. The summed E-state index contributed by atoms with van der Waals surface area (Å²) in [5, 5.41) is 2.76. The summed E-state index contributed by atoms with van der Waals surface area (Å²) >= 11 is 0. The number of nitrogens with one attached hydrogen (secondary N) is 1. The van der Waals surface area contributed by atoms with Crippen molar-refractivity contribution in [2.24, 2.45) is 17.3 Å². The molecule has 3 atom stereocenters. The summed E-state index contributed by atoms with van der Waals surface area (Å²) in [5.41, 5.74) is 1.49. The summed E-state index contributed by atoms with van der Waals surface area (Å²) in [6.07, 6.45) is 1.09. The number of fused-ring (bicyclic) bond motifs is 1. The lowest BCUT2D eigenvalue weighted by Crippen LogP contribution is -2.56. The molecule has 2 aromatic rings. The van der Waals surface area contributed by atoms with Crippen molar-refractivity contribution in [1.82, 2.24) is 10.2 Å². The average Bonchev–Trinajstić information content (AvgIpc) is 3.24. The highest BCUT2D eigenvalue weighted by Crippen LogP contribution is 2.32. The third-order valence-electron chi connectivity index (χ3n) is 7.90. The zero-order valence-corrected chi connectivity index (χ0v) is 26.8. The lowest BCUT2D eigenvalue weighted by molar-refractivity contribution is -0.141. The first-order chi connectivity index (χ1) is 19.9. The van der Waals surface area contributed by atoms with E-state index in [0.29, 0.717) is 12.1 Å². The van der Waals surface area contributed by atoms with Crippen molar-refractivity contribution in [3.63, 3.8) is 0 Å². The molecule has 3 rings (SSSR count). The van der Waals surface area contributed by atoms with Crippen LogP contribution in [0.4, 0.5) is 0 Å². The Morgan fingerprint density at radius 2 is 1.56 bits per heavy atom. The summed E-state index contributed by atoms with van der Waals surface area (Å²) in [5.74, 6) is -3.45. The van der Waals surface area contributed by atoms with Gasteiger partial charge in [-0.25, -0.2) is 8.42 Å². The largest absolute Gasteiger partial charge is 0.345 e. The second kappa shape index (κ2) is 13.3. The van der Waals surface area contributed by atoms with E-state index in [1.54, 1.807) is 45.0 Å². The van der Waals surface area contributed by atoms with Crippen molar-refractivity contribution in [1.29, 1.82) is 0 Å². The van der Waals surface area contributed by atoms with Crippen LogP contribution in [0.3, 0.4) is 0 Å². The zero-order chi connectivity index (χ0) is 32.3. The molecule has 43 heavy (non-hydrogen) atoms. The third-order valence-corrected chi connectivity index (χ3v) is 9.03. The molecule has 0 spiro atoms. The summed E-state index contributed by atoms with van der Waals surface area (Å²) in [6.45, 7) is 11.0. The maximum atomic E-state index is 13.5. The molecule has 2 aromatic carbocycles. The number of aryl methyl sites for hydroxylation is 1. The maximum absolute atomic E-state index is 13.5. The number of benzene rings is 2. The van der Waals surface area contributed by atoms with Gasteiger partial charge in [0.1, 0.15) is 6.04 Å². The van der Waals surface area contributed by atoms with Crippen LogP contribution >= 0.6 is 0 Å². The fourth-order valence-electron chi connectivity index (χ4n) is 5.38. The van der Waals surface area contributed by atoms with Crippen LogP contribution in [0.1, 0.15) is 75.9 Å². The van der Waals surface area contributed by atoms with Crippen LogP contribution in [0.2, 0.25) is 0 Å². The molecule has 1 aliphatic heterocycles. The molecule has 0 saturated heterocycles. The summed E-state index contributed by atoms with van der Waals surface area (Å²) in [6, 6.07) is 11.6. The number of rotatable bonds is 13. The number of Topliss-reactive ketones (excluding diaryl/α,β-unsaturated/α-hetero) is 3. The van der Waals surface area contributed by atoms with Crippen molar-refractivity contribution in [3.8, 4) is 0 Å². The van der Waals surface area contributed by atoms with Crippen molar-refractivity contribution >= 4 is 39.0 Å². The zero-order valence-electron chi connectivity index (χ0n) is 26.0. The number of hydrogen-bond acceptors (Lipinski definition) is 7. The fourth-order valence-corrected chi connectivity index (χ4v) is 6.01. The SMILES string of the molecule is CC(C)[C@H](CC(=O)[C@H](C)NC(=O)[C@@H](N1Cc2ccccc2C1=O)C(C)(C)C)C(=O)C(=O)CCc1ccc(S(C)(=O)=O)cc1. The predicted octanol–water partition coefficient (Wildman–Crippen LogP) is 3.97. The molecule has 9 nitrogen and oxygen atoms in total. The average molecular weight is 611 g/mol. The van der Waals surface area contributed by atoms with E-state index in [9.17, 15) is 32.4 Å². The van der Waals surface area contributed by atoms with Crippen molar-refractivity contribution in [3.05, 3.63) is 65.2 Å². The van der Waals surface area contributed by atoms with Crippen LogP contribution < -0.4 is 5.32 Å². The van der Waals surface area contributed by atoms with Crippen LogP contribution in [0.15, 0.2) is 53.4 Å². The molecular weight excluding hydrogens is 568 g/mol. The quantitative estimate of drug-likeness (QED) is 0.339. The van der Waals surface area contributed by atoms with Gasteiger partial charge in [-0.1, -0.05) is 65.0 Å². The van der Waals surface area contributed by atoms with Crippen LogP contribution in [0, 0.1) is 17.3 Å². The van der Waals surface area contributed by atoms with Gasteiger partial charge in [-0.15, -0.1) is 0 Å². The third kappa shape index (κ3) is 8.25. The molecule has 0 radical (unpaired) electrons. The van der Waals surface area contributed by atoms with E-state index in [0.717, 1.165) is 17.4 Å². The highest BCUT2D eigenvalue weighted by Gasteiger charge is 2.43. The standard InChI is InChI=1S/C33H42N2O7S/c1-20(2)26(29(38)27(36)17-14-22-12-15-24(16-13-22)43(7,41)42)18-28(37)21(3)34-31(39)30(33(4,5)6)35-19-23-10-8-9-11-25(23)32(35)40/h8-13,15-16,20-21,26,30H,14,17-19H2,1-7H3,(H,34,39)/t21-,26-,30+/m0/s1. The molecule has 0 aliphatic carbocycles. The molecule has 10 heteroatoms. The van der Waals surface area contributed by atoms with Gasteiger partial charge in [0.15, 0.2) is 21.4 Å². The summed E-state index contributed by atoms with van der Waals surface area (Å²) < 4.78 is 23.3. The number of sulfone groups is 1. The molecule has 0 aromatic heterocycles. The van der Waals surface area contributed by atoms with Crippen molar-refractivity contribution in [2.45, 2.75) is 84.3 Å². The Kier molecular flexibility index (Phi) is 10.5. The second-order valence-electron chi connectivity index (χ2n) is 12.8. The molecule has 1 heterocycles. The molecule has 1 N–H and O–H groups in total. The van der Waals surface area contributed by atoms with E-state index in [1.807, 2.05) is 32.9 Å². The number of carbonyl (C=O) groups is 5. The van der Waals surface area contributed by atoms with Crippen molar-refractivity contribution < 1.29 is 32.4 Å². The van der Waals surface area contributed by atoms with Crippen LogP contribution in [-0.2, 0) is 42.0 Å². The summed E-state index contributed by atoms with van der Waals surface area (Å²) in [7, 11) is -3.34. The minimum Gasteiger partial charge on any atom is -0.345 e. The van der Waals surface area contributed by atoms with E-state index in [-0.39, 0.29) is 41.8 Å². The Bertz CT molecular complexity index is 1500. The smallest absolute Gasteiger partial charge is 0.255 e. The minimum absolute atomic E-state index is 0.0692. The van der Waals surface area contributed by atoms with Gasteiger partial charge >= 0.3 is 0 Å². The van der Waals surface area contributed by atoms with Crippen molar-refractivity contribution in [2.75, 3.05) is 6.26 Å². The Balaban J connectivity index is 1.64. The number of nitrogens with zero attached hydrogens (tertiary/aromatic N) is 1. The number of hydrogen-bond donors (Lipinski definition) is 1. The Labute approximate surface area is 254 Å². The number of ketones is 3. The number of amides is 2. The monoisotopic (exact) mass is 610 g/mol. The predicted molar refractivity (Wildman–Crippen MR) is 163 cm³/mol. The first-order valence-corrected chi connectivity index (χ1v) is 16.4. The van der Waals surface area contributed by atoms with E-state index in [4.69, 9.17) is 0 Å². The molecule has 0 saturated carbocycles. The molecule has 0 bridgehead atoms. The topological polar surface area (TPSA) is 135 Å². The first kappa shape index (κ1) is 33.8. The van der Waals surface area contributed by atoms with E-state index in [2.05, 4.69) is 5.32 Å². The highest BCUT2D eigenvalue weighted by atomic mass is 32.2. The molecular formula is C33H42N2O7S. The first-order valence-electron chi connectivity index (χ1n) is 14.5. The van der Waals surface area contributed by atoms with E-state index in [1.165, 1.54) is 17.0 Å². The Hall–Kier alpha value is -3.66. The van der Waals surface area contributed by atoms with Gasteiger partial charge < -0.3 is 10.2 Å². The van der Waals surface area contributed by atoms with Crippen LogP contribution in [0.25, 0.3) is 0 Å². The van der Waals surface area contributed by atoms with Gasteiger partial charge in [0.05, 0.1) is 10.9 Å². The molecule has 2 amide bonds. The Morgan fingerprint density at radius 1 is 0.953 bits per heavy atom. The van der Waals surface area contributed by atoms with Crippen LogP contribution in [0.5, 0.6) is 0 Å². The molecule has 0 unspecified atom stereocenters. The van der Waals surface area contributed by atoms with Crippen LogP contribution in [-0.4, -0.2) is 60.8 Å². The second-order valence-corrected chi connectivity index (χ2v) is 14.8. The van der Waals surface area contributed by atoms with Gasteiger partial charge in [0.25, 0.3) is 5.91 Å². The fraction of sp³-hybridized carbons (Fsp3) is 0.485. The lowest BCUT2D eigenvalue weighted by Gasteiger charge is -2.37. The van der Waals surface area contributed by atoms with Gasteiger partial charge in [-0.3, -0.25) is 24.0 Å². The Morgan fingerprint density at radius 3 is 2.09 bits per heavy atom. The maximum Gasteiger partial charge on any atom is 0.255 e. The van der Waals surface area contributed by atoms with Gasteiger partial charge in [0, 0.05) is 37.1 Å².